The monoisotopic (exact) mass is 493 g/mol. The number of ketones is 2. The molecule has 1 aliphatic rings. The number of thiazole rings is 1. The lowest BCUT2D eigenvalue weighted by molar-refractivity contribution is -0.133. The summed E-state index contributed by atoms with van der Waals surface area (Å²) >= 11 is 8.30. The minimum absolute atomic E-state index is 0.0312. The minimum Gasteiger partial charge on any atom is -0.378 e. The van der Waals surface area contributed by atoms with Crippen molar-refractivity contribution in [2.24, 2.45) is 17.3 Å². The molecule has 0 spiro atoms. The molecule has 1 aromatic heterocycles. The topological polar surface area (TPSA) is 56.3 Å². The minimum atomic E-state index is -0.531. The predicted molar refractivity (Wildman–Crippen MR) is 139 cm³/mol. The van der Waals surface area contributed by atoms with Crippen molar-refractivity contribution in [3.05, 3.63) is 32.8 Å². The van der Waals surface area contributed by atoms with Gasteiger partial charge in [-0.1, -0.05) is 44.0 Å². The Morgan fingerprint density at radius 1 is 1.30 bits per heavy atom. The Hall–Kier alpha value is -1.30. The van der Waals surface area contributed by atoms with Gasteiger partial charge in [0.2, 0.25) is 0 Å². The molecule has 1 aromatic rings. The number of hydrogen-bond donors (Lipinski definition) is 0. The van der Waals surface area contributed by atoms with E-state index in [1.54, 1.807) is 11.3 Å². The molecule has 3 atom stereocenters. The fourth-order valence-corrected chi connectivity index (χ4v) is 5.15. The summed E-state index contributed by atoms with van der Waals surface area (Å²) < 4.78 is 6.04. The van der Waals surface area contributed by atoms with Crippen LogP contribution in [0.5, 0.6) is 0 Å². The number of aromatic nitrogens is 1. The third kappa shape index (κ3) is 9.11. The normalized spacial score (nSPS) is 26.8. The molecule has 4 nitrogen and oxygen atoms in total. The summed E-state index contributed by atoms with van der Waals surface area (Å²) in [6, 6.07) is 0. The Morgan fingerprint density at radius 2 is 2.03 bits per heavy atom. The van der Waals surface area contributed by atoms with Gasteiger partial charge in [0, 0.05) is 40.5 Å². The van der Waals surface area contributed by atoms with Crippen LogP contribution in [0.2, 0.25) is 0 Å². The Labute approximate surface area is 208 Å². The number of carbonyl (C=O) groups excluding carboxylic acids is 2. The zero-order chi connectivity index (χ0) is 24.6. The predicted octanol–water partition coefficient (Wildman–Crippen LogP) is 7.54. The van der Waals surface area contributed by atoms with Gasteiger partial charge in [-0.05, 0) is 59.0 Å². The molecule has 2 heterocycles. The van der Waals surface area contributed by atoms with Gasteiger partial charge in [0.1, 0.15) is 11.6 Å². The highest BCUT2D eigenvalue weighted by atomic mass is 35.5. The highest BCUT2D eigenvalue weighted by molar-refractivity contribution is 7.09. The van der Waals surface area contributed by atoms with Crippen molar-refractivity contribution < 1.29 is 14.3 Å². The van der Waals surface area contributed by atoms with E-state index in [0.29, 0.717) is 37.3 Å². The maximum atomic E-state index is 13.3. The Kier molecular flexibility index (Phi) is 11.0. The summed E-state index contributed by atoms with van der Waals surface area (Å²) in [7, 11) is 0. The summed E-state index contributed by atoms with van der Waals surface area (Å²) in [5.74, 6) is 0.266. The van der Waals surface area contributed by atoms with Crippen LogP contribution in [0.4, 0.5) is 0 Å². The van der Waals surface area contributed by atoms with E-state index in [1.165, 1.54) is 5.57 Å². The van der Waals surface area contributed by atoms with Gasteiger partial charge in [0.05, 0.1) is 23.4 Å². The van der Waals surface area contributed by atoms with Gasteiger partial charge < -0.3 is 4.74 Å². The van der Waals surface area contributed by atoms with Crippen molar-refractivity contribution in [3.8, 4) is 0 Å². The molecule has 0 radical (unpaired) electrons. The second-order valence-corrected chi connectivity index (χ2v) is 11.6. The highest BCUT2D eigenvalue weighted by Gasteiger charge is 2.34. The number of halogens is 1. The van der Waals surface area contributed by atoms with E-state index in [4.69, 9.17) is 16.3 Å². The molecule has 0 saturated heterocycles. The molecule has 1 aliphatic heterocycles. The van der Waals surface area contributed by atoms with Gasteiger partial charge in [-0.2, -0.15) is 0 Å². The van der Waals surface area contributed by atoms with Crippen LogP contribution in [0.3, 0.4) is 0 Å². The lowest BCUT2D eigenvalue weighted by atomic mass is 9.75. The fourth-order valence-electron chi connectivity index (χ4n) is 4.30. The van der Waals surface area contributed by atoms with Gasteiger partial charge in [0.15, 0.2) is 0 Å². The highest BCUT2D eigenvalue weighted by Crippen LogP contribution is 2.33. The maximum absolute atomic E-state index is 13.3. The fraction of sp³-hybridized carbons (Fsp3) is 0.667. The summed E-state index contributed by atoms with van der Waals surface area (Å²) in [6.07, 6.45) is 8.47. The van der Waals surface area contributed by atoms with Crippen LogP contribution < -0.4 is 0 Å². The van der Waals surface area contributed by atoms with Crippen LogP contribution in [0.1, 0.15) is 90.3 Å². The average molecular weight is 494 g/mol. The van der Waals surface area contributed by atoms with Crippen molar-refractivity contribution in [1.29, 1.82) is 0 Å². The average Bonchev–Trinajstić information content (AvgIpc) is 3.16. The molecule has 0 fully saturated rings. The van der Waals surface area contributed by atoms with E-state index < -0.39 is 5.41 Å². The Morgan fingerprint density at radius 3 is 2.67 bits per heavy atom. The van der Waals surface area contributed by atoms with E-state index >= 15 is 0 Å². The van der Waals surface area contributed by atoms with E-state index in [2.05, 4.69) is 31.8 Å². The summed E-state index contributed by atoms with van der Waals surface area (Å²) in [4.78, 5) is 30.7. The number of aryl methyl sites for hydroxylation is 1. The van der Waals surface area contributed by atoms with Crippen molar-refractivity contribution in [2.75, 3.05) is 6.61 Å². The number of Topliss-reactive ketones (excluding diaryl/α,β-unsaturated/α-hetero) is 2. The molecule has 0 aromatic carbocycles. The Bertz CT molecular complexity index is 870. The lowest BCUT2D eigenvalue weighted by Gasteiger charge is -2.29. The Balaban J connectivity index is 2.25. The first-order valence-electron chi connectivity index (χ1n) is 12.1. The number of hydrogen-bond acceptors (Lipinski definition) is 5. The number of allylic oxidation sites excluding steroid dienone is 2. The van der Waals surface area contributed by atoms with Crippen LogP contribution in [0, 0.1) is 24.2 Å². The molecule has 2 rings (SSSR count). The second kappa shape index (κ2) is 13.0. The molecule has 0 N–H and O–H groups in total. The number of ether oxygens (including phenoxy) is 1. The molecular formula is C27H40ClNO3S. The van der Waals surface area contributed by atoms with Gasteiger partial charge >= 0.3 is 0 Å². The number of carbonyl (C=O) groups is 2. The van der Waals surface area contributed by atoms with Crippen LogP contribution in [-0.4, -0.2) is 29.3 Å². The van der Waals surface area contributed by atoms with Crippen LogP contribution in [0.15, 0.2) is 22.1 Å². The van der Waals surface area contributed by atoms with Gasteiger partial charge in [-0.25, -0.2) is 4.98 Å². The molecular weight excluding hydrogens is 454 g/mol. The second-order valence-electron chi connectivity index (χ2n) is 10.1. The zero-order valence-corrected chi connectivity index (χ0v) is 22.7. The molecule has 33 heavy (non-hydrogen) atoms. The smallest absolute Gasteiger partial charge is 0.141 e. The standard InChI is InChI=1S/C27H40ClNO3S/c1-7-21-14-19(3)32-13-11-18(2)8-9-22(25(28)16-23-17-33-20(4)29-23)15-24(30)10-12-27(5,6)26(21)31/h8,16-17,19,21-22H,7,9-15H2,1-6H3. The maximum Gasteiger partial charge on any atom is 0.141 e. The molecule has 6 heteroatoms. The van der Waals surface area contributed by atoms with Crippen LogP contribution in [0.25, 0.3) is 6.08 Å². The first kappa shape index (κ1) is 27.9. The number of rotatable bonds is 3. The molecule has 0 bridgehead atoms. The SMILES string of the molecule is CCC1CC(C)OCCC(C)=CCC(C(Cl)=Cc2csc(C)n2)CC(=O)CCC(C)(C)C1=O. The van der Waals surface area contributed by atoms with E-state index in [0.717, 1.165) is 30.0 Å². The summed E-state index contributed by atoms with van der Waals surface area (Å²) in [5, 5.41) is 3.62. The molecule has 0 aliphatic carbocycles. The molecule has 184 valence electrons. The van der Waals surface area contributed by atoms with Crippen molar-refractivity contribution in [3.63, 3.8) is 0 Å². The van der Waals surface area contributed by atoms with Crippen molar-refractivity contribution in [1.82, 2.24) is 4.98 Å². The van der Waals surface area contributed by atoms with Crippen LogP contribution >= 0.6 is 22.9 Å². The quantitative estimate of drug-likeness (QED) is 0.408. The first-order valence-corrected chi connectivity index (χ1v) is 13.4. The largest absolute Gasteiger partial charge is 0.378 e. The van der Waals surface area contributed by atoms with Gasteiger partial charge in [-0.3, -0.25) is 9.59 Å². The third-order valence-electron chi connectivity index (χ3n) is 6.61. The first-order chi connectivity index (χ1) is 15.5. The zero-order valence-electron chi connectivity index (χ0n) is 21.1. The van der Waals surface area contributed by atoms with Crippen LogP contribution in [-0.2, 0) is 14.3 Å². The molecule has 0 saturated carbocycles. The lowest BCUT2D eigenvalue weighted by Crippen LogP contribution is -2.33. The van der Waals surface area contributed by atoms with Crippen molar-refractivity contribution in [2.45, 2.75) is 92.6 Å². The van der Waals surface area contributed by atoms with Gasteiger partial charge in [-0.15, -0.1) is 11.3 Å². The van der Waals surface area contributed by atoms with E-state index in [1.807, 2.05) is 32.2 Å². The number of nitrogens with zero attached hydrogens (tertiary/aromatic N) is 1. The molecule has 0 amide bonds. The van der Waals surface area contributed by atoms with Gasteiger partial charge in [0.25, 0.3) is 0 Å². The van der Waals surface area contributed by atoms with E-state index in [9.17, 15) is 9.59 Å². The third-order valence-corrected chi connectivity index (χ3v) is 7.82. The van der Waals surface area contributed by atoms with Crippen molar-refractivity contribution >= 4 is 40.6 Å². The molecule has 3 unspecified atom stereocenters. The summed E-state index contributed by atoms with van der Waals surface area (Å²) in [5.41, 5.74) is 1.53. The summed E-state index contributed by atoms with van der Waals surface area (Å²) in [6.45, 7) is 12.7. The van der Waals surface area contributed by atoms with E-state index in [-0.39, 0.29) is 29.5 Å².